The van der Waals surface area contributed by atoms with Crippen LogP contribution in [0.5, 0.6) is 0 Å². The third-order valence-corrected chi connectivity index (χ3v) is 8.26. The van der Waals surface area contributed by atoms with Gasteiger partial charge >= 0.3 is 0 Å². The lowest BCUT2D eigenvalue weighted by Crippen LogP contribution is -2.30. The van der Waals surface area contributed by atoms with Crippen molar-refractivity contribution >= 4 is 11.8 Å². The van der Waals surface area contributed by atoms with E-state index in [0.29, 0.717) is 29.8 Å². The summed E-state index contributed by atoms with van der Waals surface area (Å²) < 4.78 is 12.0. The second-order valence-electron chi connectivity index (χ2n) is 11.3. The normalized spacial score (nSPS) is 22.9. The summed E-state index contributed by atoms with van der Waals surface area (Å²) >= 11 is 1.70. The zero-order valence-corrected chi connectivity index (χ0v) is 24.4. The fourth-order valence-corrected chi connectivity index (χ4v) is 5.80. The molecule has 0 bridgehead atoms. The predicted octanol–water partition coefficient (Wildman–Crippen LogP) is 5.76. The van der Waals surface area contributed by atoms with Gasteiger partial charge in [0.05, 0.1) is 35.7 Å². The number of rotatable bonds is 12. The van der Waals surface area contributed by atoms with E-state index in [4.69, 9.17) is 19.4 Å². The quantitative estimate of drug-likeness (QED) is 0.341. The monoisotopic (exact) mass is 526 g/mol. The van der Waals surface area contributed by atoms with Crippen molar-refractivity contribution in [3.63, 3.8) is 0 Å². The van der Waals surface area contributed by atoms with E-state index < -0.39 is 0 Å². The maximum absolute atomic E-state index is 6.32. The Labute approximate surface area is 228 Å². The molecule has 37 heavy (non-hydrogen) atoms. The number of aromatic nitrogens is 2. The molecule has 2 aliphatic rings. The Morgan fingerprint density at radius 2 is 1.65 bits per heavy atom. The zero-order valence-electron chi connectivity index (χ0n) is 23.5. The maximum atomic E-state index is 6.32. The predicted molar refractivity (Wildman–Crippen MR) is 153 cm³/mol. The summed E-state index contributed by atoms with van der Waals surface area (Å²) in [5, 5.41) is 8.39. The molecule has 0 spiro atoms. The van der Waals surface area contributed by atoms with Gasteiger partial charge in [-0.05, 0) is 61.6 Å². The smallest absolute Gasteiger partial charge is 0.0961 e. The van der Waals surface area contributed by atoms with E-state index in [1.165, 1.54) is 22.5 Å². The van der Waals surface area contributed by atoms with Gasteiger partial charge in [0.1, 0.15) is 0 Å². The Hall–Kier alpha value is -1.51. The minimum atomic E-state index is 0.261. The molecule has 6 nitrogen and oxygen atoms in total. The molecule has 2 aliphatic heterocycles. The molecule has 2 aromatic rings. The zero-order chi connectivity index (χ0) is 26.4. The highest BCUT2D eigenvalue weighted by Crippen LogP contribution is 2.34. The highest BCUT2D eigenvalue weighted by Gasteiger charge is 2.30. The van der Waals surface area contributed by atoms with Gasteiger partial charge in [-0.25, -0.2) is 4.98 Å². The topological polar surface area (TPSA) is 68.3 Å². The highest BCUT2D eigenvalue weighted by molar-refractivity contribution is 7.98. The first-order valence-electron chi connectivity index (χ1n) is 14.0. The van der Waals surface area contributed by atoms with Crippen molar-refractivity contribution in [2.75, 3.05) is 26.1 Å². The summed E-state index contributed by atoms with van der Waals surface area (Å²) in [6.07, 6.45) is 5.48. The van der Waals surface area contributed by atoms with Crippen LogP contribution >= 0.6 is 11.8 Å². The number of hydrogen-bond donors (Lipinski definition) is 2. The molecule has 4 heterocycles. The molecule has 0 aromatic carbocycles. The van der Waals surface area contributed by atoms with Crippen molar-refractivity contribution in [3.05, 3.63) is 52.5 Å². The van der Waals surface area contributed by atoms with Crippen LogP contribution < -0.4 is 10.6 Å². The van der Waals surface area contributed by atoms with Gasteiger partial charge in [-0.1, -0.05) is 39.8 Å². The highest BCUT2D eigenvalue weighted by atomic mass is 32.2. The average Bonchev–Trinajstić information content (AvgIpc) is 3.58. The Bertz CT molecular complexity index is 1010. The molecule has 4 rings (SSSR count). The maximum Gasteiger partial charge on any atom is 0.0961 e. The number of ether oxygens (including phenoxy) is 2. The van der Waals surface area contributed by atoms with Crippen molar-refractivity contribution in [1.29, 1.82) is 0 Å². The first-order chi connectivity index (χ1) is 17.8. The van der Waals surface area contributed by atoms with Gasteiger partial charge in [-0.2, -0.15) is 0 Å². The molecule has 0 aliphatic carbocycles. The van der Waals surface area contributed by atoms with Crippen LogP contribution in [0.15, 0.2) is 29.3 Å². The lowest BCUT2D eigenvalue weighted by molar-refractivity contribution is 0.0948. The van der Waals surface area contributed by atoms with E-state index in [1.54, 1.807) is 11.8 Å². The molecular weight excluding hydrogens is 480 g/mol. The molecule has 4 atom stereocenters. The molecule has 2 N–H and O–H groups in total. The summed E-state index contributed by atoms with van der Waals surface area (Å²) in [4.78, 5) is 10.00. The fourth-order valence-electron chi connectivity index (χ4n) is 5.40. The Balaban J connectivity index is 1.35. The van der Waals surface area contributed by atoms with Gasteiger partial charge in [0.2, 0.25) is 0 Å². The third-order valence-electron chi connectivity index (χ3n) is 7.62. The summed E-state index contributed by atoms with van der Waals surface area (Å²) in [6.45, 7) is 15.1. The minimum absolute atomic E-state index is 0.261. The van der Waals surface area contributed by atoms with Crippen LogP contribution in [0.2, 0.25) is 0 Å². The van der Waals surface area contributed by atoms with Gasteiger partial charge in [0.15, 0.2) is 0 Å². The SMILES string of the molecule is CSc1ccc([C@H]2CCOC2)c(CNC(C)CC2CC(c3ccc(C(C)C)nc3CNC(C)C)CO2)n1. The number of thioether (sulfide) groups is 1. The van der Waals surface area contributed by atoms with Crippen LogP contribution in [0.1, 0.15) is 99.8 Å². The van der Waals surface area contributed by atoms with Crippen molar-refractivity contribution < 1.29 is 9.47 Å². The minimum Gasteiger partial charge on any atom is -0.381 e. The summed E-state index contributed by atoms with van der Waals surface area (Å²) in [5.74, 6) is 1.30. The number of nitrogens with one attached hydrogen (secondary N) is 2. The molecule has 7 heteroatoms. The molecule has 2 saturated heterocycles. The van der Waals surface area contributed by atoms with E-state index in [1.807, 2.05) is 0 Å². The van der Waals surface area contributed by atoms with Gasteiger partial charge in [0.25, 0.3) is 0 Å². The van der Waals surface area contributed by atoms with Crippen LogP contribution in [0, 0.1) is 0 Å². The largest absolute Gasteiger partial charge is 0.381 e. The van der Waals surface area contributed by atoms with Crippen LogP contribution in [0.3, 0.4) is 0 Å². The molecule has 204 valence electrons. The van der Waals surface area contributed by atoms with Gasteiger partial charge in [-0.15, -0.1) is 11.8 Å². The van der Waals surface area contributed by atoms with Crippen molar-refractivity contribution in [3.8, 4) is 0 Å². The molecule has 3 unspecified atom stereocenters. The molecule has 0 amide bonds. The molecular formula is C30H46N4O2S. The summed E-state index contributed by atoms with van der Waals surface area (Å²) in [7, 11) is 0. The van der Waals surface area contributed by atoms with E-state index in [-0.39, 0.29) is 6.10 Å². The van der Waals surface area contributed by atoms with Crippen LogP contribution in [0.25, 0.3) is 0 Å². The second-order valence-corrected chi connectivity index (χ2v) is 12.1. The fraction of sp³-hybridized carbons (Fsp3) is 0.667. The Morgan fingerprint density at radius 1 is 0.919 bits per heavy atom. The van der Waals surface area contributed by atoms with Gasteiger partial charge in [-0.3, -0.25) is 4.98 Å². The Kier molecular flexibility index (Phi) is 10.4. The second kappa shape index (κ2) is 13.5. The van der Waals surface area contributed by atoms with E-state index in [0.717, 1.165) is 62.9 Å². The van der Waals surface area contributed by atoms with Crippen LogP contribution in [0.4, 0.5) is 0 Å². The number of nitrogens with zero attached hydrogens (tertiary/aromatic N) is 2. The standard InChI is InChI=1S/C30H46N4O2S/c1-19(2)27-9-7-26(28(33-27)15-31-20(3)4)23-14-24(36-18-23)13-21(5)32-16-29-25(22-11-12-35-17-22)8-10-30(34-29)37-6/h7-10,19-24,31-32H,11-18H2,1-6H3/t21?,22-,23?,24?/m0/s1. The third kappa shape index (κ3) is 7.76. The van der Waals surface area contributed by atoms with Crippen molar-refractivity contribution in [2.45, 2.75) is 108 Å². The molecule has 2 fully saturated rings. The number of hydrogen-bond acceptors (Lipinski definition) is 7. The lowest BCUT2D eigenvalue weighted by Gasteiger charge is -2.20. The summed E-state index contributed by atoms with van der Waals surface area (Å²) in [5.41, 5.74) is 6.20. The van der Waals surface area contributed by atoms with E-state index >= 15 is 0 Å². The van der Waals surface area contributed by atoms with Crippen LogP contribution in [-0.2, 0) is 22.6 Å². The van der Waals surface area contributed by atoms with Gasteiger partial charge < -0.3 is 20.1 Å². The first kappa shape index (κ1) is 28.5. The molecule has 2 aromatic heterocycles. The molecule has 0 saturated carbocycles. The van der Waals surface area contributed by atoms with E-state index in [9.17, 15) is 0 Å². The van der Waals surface area contributed by atoms with Gasteiger partial charge in [0, 0.05) is 49.3 Å². The summed E-state index contributed by atoms with van der Waals surface area (Å²) in [6, 6.07) is 9.69. The lowest BCUT2D eigenvalue weighted by atomic mass is 9.92. The number of pyridine rings is 2. The molecule has 0 radical (unpaired) electrons. The van der Waals surface area contributed by atoms with E-state index in [2.05, 4.69) is 75.8 Å². The average molecular weight is 527 g/mol. The first-order valence-corrected chi connectivity index (χ1v) is 15.3. The Morgan fingerprint density at radius 3 is 2.35 bits per heavy atom. The van der Waals surface area contributed by atoms with Crippen molar-refractivity contribution in [2.24, 2.45) is 0 Å². The van der Waals surface area contributed by atoms with Crippen LogP contribution in [-0.4, -0.2) is 54.2 Å². The van der Waals surface area contributed by atoms with Crippen molar-refractivity contribution in [1.82, 2.24) is 20.6 Å².